The van der Waals surface area contributed by atoms with Crippen LogP contribution < -0.4 is 16.0 Å². The number of nitrogens with one attached hydrogen (secondary N) is 4. The summed E-state index contributed by atoms with van der Waals surface area (Å²) in [5, 5.41) is 27.3. The smallest absolute Gasteiger partial charge is 0.326 e. The second kappa shape index (κ2) is 15.9. The fourth-order valence-electron chi connectivity index (χ4n) is 5.21. The minimum atomic E-state index is -1.14. The maximum absolute atomic E-state index is 13.9. The molecule has 4 amide bonds. The number of H-pyrrole nitrogens is 1. The number of hydrogen-bond donors (Lipinski definition) is 6. The van der Waals surface area contributed by atoms with Crippen LogP contribution in [-0.2, 0) is 36.8 Å². The van der Waals surface area contributed by atoms with Crippen LogP contribution in [-0.4, -0.2) is 85.4 Å². The monoisotopic (exact) mass is 612 g/mol. The van der Waals surface area contributed by atoms with Gasteiger partial charge in [0.1, 0.15) is 29.9 Å². The number of aryl methyl sites for hydroxylation is 1. The molecule has 2 heterocycles. The van der Waals surface area contributed by atoms with E-state index in [1.165, 1.54) is 17.4 Å². The van der Waals surface area contributed by atoms with Gasteiger partial charge in [-0.1, -0.05) is 46.2 Å². The fourth-order valence-corrected chi connectivity index (χ4v) is 5.21. The number of carbonyl (C=O) groups excluding carboxylic acids is 4. The third-order valence-electron chi connectivity index (χ3n) is 8.05. The number of carboxylic acid groups (broad SMARTS) is 1. The Kier molecular flexibility index (Phi) is 12.3. The van der Waals surface area contributed by atoms with Crippen LogP contribution in [0, 0.1) is 11.8 Å². The molecular formula is C31H44N6O7. The molecule has 0 bridgehead atoms. The van der Waals surface area contributed by atoms with Gasteiger partial charge in [-0.15, -0.1) is 0 Å². The van der Waals surface area contributed by atoms with Gasteiger partial charge in [-0.05, 0) is 48.8 Å². The first-order chi connectivity index (χ1) is 20.9. The molecule has 1 saturated heterocycles. The number of aromatic hydroxyl groups is 1. The fraction of sp³-hybridized carbons (Fsp3) is 0.548. The molecule has 1 aromatic heterocycles. The Hall–Kier alpha value is -4.42. The Morgan fingerprint density at radius 2 is 1.75 bits per heavy atom. The van der Waals surface area contributed by atoms with Crippen LogP contribution in [0.2, 0.25) is 0 Å². The molecule has 13 heteroatoms. The molecule has 2 aromatic rings. The molecule has 1 aliphatic heterocycles. The molecule has 0 unspecified atom stereocenters. The molecule has 1 aromatic carbocycles. The number of amides is 4. The predicted octanol–water partition coefficient (Wildman–Crippen LogP) is 1.52. The lowest BCUT2D eigenvalue weighted by Crippen LogP contribution is -2.59. The van der Waals surface area contributed by atoms with E-state index >= 15 is 0 Å². The Balaban J connectivity index is 1.73. The quantitative estimate of drug-likeness (QED) is 0.174. The molecule has 1 fully saturated rings. The van der Waals surface area contributed by atoms with Crippen LogP contribution in [0.3, 0.4) is 0 Å². The van der Waals surface area contributed by atoms with Gasteiger partial charge in [0.2, 0.25) is 23.6 Å². The molecular weight excluding hydrogens is 568 g/mol. The largest absolute Gasteiger partial charge is 0.508 e. The number of nitrogens with zero attached hydrogens (tertiary/aromatic N) is 2. The van der Waals surface area contributed by atoms with Crippen LogP contribution >= 0.6 is 0 Å². The Labute approximate surface area is 257 Å². The molecule has 44 heavy (non-hydrogen) atoms. The number of phenolic OH excluding ortho intramolecular Hbond substituents is 1. The van der Waals surface area contributed by atoms with Crippen molar-refractivity contribution in [1.29, 1.82) is 0 Å². The minimum Gasteiger partial charge on any atom is -0.508 e. The van der Waals surface area contributed by atoms with Gasteiger partial charge >= 0.3 is 5.97 Å². The lowest BCUT2D eigenvalue weighted by molar-refractivity contribution is -0.146. The highest BCUT2D eigenvalue weighted by atomic mass is 16.4. The summed E-state index contributed by atoms with van der Waals surface area (Å²) >= 11 is 0. The maximum atomic E-state index is 13.9. The summed E-state index contributed by atoms with van der Waals surface area (Å²) < 4.78 is 0. The van der Waals surface area contributed by atoms with Gasteiger partial charge in [0.15, 0.2) is 0 Å². The van der Waals surface area contributed by atoms with Crippen LogP contribution in [0.15, 0.2) is 36.8 Å². The first kappa shape index (κ1) is 34.1. The van der Waals surface area contributed by atoms with Crippen molar-refractivity contribution >= 4 is 29.6 Å². The van der Waals surface area contributed by atoms with Crippen molar-refractivity contribution in [2.75, 3.05) is 6.54 Å². The summed E-state index contributed by atoms with van der Waals surface area (Å²) in [5.74, 6) is -3.53. The summed E-state index contributed by atoms with van der Waals surface area (Å²) in [6, 6.07) is 2.56. The van der Waals surface area contributed by atoms with Gasteiger partial charge in [0.25, 0.3) is 0 Å². The lowest BCUT2D eigenvalue weighted by atomic mass is 9.98. The SMILES string of the molecule is CC[C@H](C)[C@H](NC(=O)[C@@H]1CCCN1C(=O)[C@H](Cc1cnc[nH]1)NC(=O)[C@@H](NC(=O)CCc1ccc(O)cc1)C(C)C)C(=O)O. The maximum Gasteiger partial charge on any atom is 0.326 e. The molecule has 0 spiro atoms. The standard InChI is InChI=1S/C31H44N6O7/c1-5-19(4)27(31(43)44)36-28(40)24-7-6-14-37(24)30(42)23(15-21-16-32-17-33-21)34-29(41)26(18(2)3)35-25(39)13-10-20-8-11-22(38)12-9-20/h8-9,11-12,16-19,23-24,26-27,38H,5-7,10,13-15H2,1-4H3,(H,32,33)(H,34,41)(H,35,39)(H,36,40)(H,43,44)/t19-,23-,24-,26-,27-/m0/s1. The number of benzene rings is 1. The number of phenols is 1. The average molecular weight is 613 g/mol. The van der Waals surface area contributed by atoms with Crippen LogP contribution in [0.25, 0.3) is 0 Å². The van der Waals surface area contributed by atoms with Gasteiger partial charge in [-0.3, -0.25) is 19.2 Å². The van der Waals surface area contributed by atoms with Gasteiger partial charge in [-0.2, -0.15) is 0 Å². The molecule has 0 radical (unpaired) electrons. The highest BCUT2D eigenvalue weighted by molar-refractivity contribution is 5.95. The van der Waals surface area contributed by atoms with E-state index < -0.39 is 47.9 Å². The molecule has 0 aliphatic carbocycles. The van der Waals surface area contributed by atoms with Crippen molar-refractivity contribution in [3.63, 3.8) is 0 Å². The van der Waals surface area contributed by atoms with Gasteiger partial charge < -0.3 is 36.0 Å². The average Bonchev–Trinajstić information content (AvgIpc) is 3.69. The topological polar surface area (TPSA) is 194 Å². The number of rotatable bonds is 15. The van der Waals surface area contributed by atoms with E-state index in [0.29, 0.717) is 31.4 Å². The number of carbonyl (C=O) groups is 5. The van der Waals surface area contributed by atoms with Crippen molar-refractivity contribution in [1.82, 2.24) is 30.8 Å². The third kappa shape index (κ3) is 9.29. The van der Waals surface area contributed by atoms with Crippen LogP contribution in [0.5, 0.6) is 5.75 Å². The summed E-state index contributed by atoms with van der Waals surface area (Å²) in [6.45, 7) is 7.42. The van der Waals surface area contributed by atoms with E-state index in [0.717, 1.165) is 5.56 Å². The normalized spacial score (nSPS) is 17.4. The highest BCUT2D eigenvalue weighted by Crippen LogP contribution is 2.21. The summed E-state index contributed by atoms with van der Waals surface area (Å²) in [6.07, 6.45) is 5.05. The first-order valence-corrected chi connectivity index (χ1v) is 15.1. The molecule has 3 rings (SSSR count). The van der Waals surface area contributed by atoms with E-state index in [1.807, 2.05) is 6.92 Å². The van der Waals surface area contributed by atoms with Crippen LogP contribution in [0.4, 0.5) is 0 Å². The number of likely N-dealkylation sites (tertiary alicyclic amines) is 1. The number of aliphatic carboxylic acids is 1. The number of carboxylic acids is 1. The summed E-state index contributed by atoms with van der Waals surface area (Å²) in [5.41, 5.74) is 1.45. The molecule has 5 atom stereocenters. The van der Waals surface area contributed by atoms with Crippen LogP contribution in [0.1, 0.15) is 64.6 Å². The van der Waals surface area contributed by atoms with Gasteiger partial charge in [0, 0.05) is 31.3 Å². The molecule has 0 saturated carbocycles. The van der Waals surface area contributed by atoms with Crippen molar-refractivity contribution in [3.05, 3.63) is 48.0 Å². The Morgan fingerprint density at radius 3 is 2.34 bits per heavy atom. The highest BCUT2D eigenvalue weighted by Gasteiger charge is 2.40. The van der Waals surface area contributed by atoms with Gasteiger partial charge in [-0.25, -0.2) is 9.78 Å². The predicted molar refractivity (Wildman–Crippen MR) is 161 cm³/mol. The van der Waals surface area contributed by atoms with Crippen molar-refractivity contribution in [2.45, 2.75) is 90.4 Å². The van der Waals surface area contributed by atoms with Gasteiger partial charge in [0.05, 0.1) is 6.33 Å². The molecule has 240 valence electrons. The van der Waals surface area contributed by atoms with Crippen molar-refractivity contribution < 1.29 is 34.2 Å². The van der Waals surface area contributed by atoms with Crippen molar-refractivity contribution in [2.24, 2.45) is 11.8 Å². The second-order valence-electron chi connectivity index (χ2n) is 11.7. The van der Waals surface area contributed by atoms with E-state index in [-0.39, 0.29) is 42.9 Å². The molecule has 6 N–H and O–H groups in total. The summed E-state index contributed by atoms with van der Waals surface area (Å²) in [7, 11) is 0. The third-order valence-corrected chi connectivity index (χ3v) is 8.05. The van der Waals surface area contributed by atoms with Crippen molar-refractivity contribution in [3.8, 4) is 5.75 Å². The van der Waals surface area contributed by atoms with E-state index in [9.17, 15) is 34.2 Å². The zero-order valence-electron chi connectivity index (χ0n) is 25.7. The number of imidazole rings is 1. The minimum absolute atomic E-state index is 0.0691. The summed E-state index contributed by atoms with van der Waals surface area (Å²) in [4.78, 5) is 73.6. The van der Waals surface area contributed by atoms with E-state index in [2.05, 4.69) is 25.9 Å². The number of aromatic amines is 1. The first-order valence-electron chi connectivity index (χ1n) is 15.1. The molecule has 1 aliphatic rings. The Morgan fingerprint density at radius 1 is 1.05 bits per heavy atom. The second-order valence-corrected chi connectivity index (χ2v) is 11.7. The van der Waals surface area contributed by atoms with E-state index in [1.54, 1.807) is 45.0 Å². The number of hydrogen-bond acceptors (Lipinski definition) is 7. The molecule has 13 nitrogen and oxygen atoms in total. The zero-order valence-corrected chi connectivity index (χ0v) is 25.7. The Bertz CT molecular complexity index is 1280. The zero-order chi connectivity index (χ0) is 32.4. The number of aromatic nitrogens is 2. The lowest BCUT2D eigenvalue weighted by Gasteiger charge is -2.31. The van der Waals surface area contributed by atoms with E-state index in [4.69, 9.17) is 0 Å².